The Morgan fingerprint density at radius 3 is 2.72 bits per heavy atom. The van der Waals surface area contributed by atoms with Crippen molar-refractivity contribution < 1.29 is 14.8 Å². The second kappa shape index (κ2) is 6.60. The van der Waals surface area contributed by atoms with Crippen LogP contribution in [0.1, 0.15) is 35.4 Å². The summed E-state index contributed by atoms with van der Waals surface area (Å²) < 4.78 is 0. The third kappa shape index (κ3) is 2.98. The van der Waals surface area contributed by atoms with Crippen LogP contribution in [0.2, 0.25) is 5.02 Å². The van der Waals surface area contributed by atoms with Gasteiger partial charge in [0.2, 0.25) is 0 Å². The minimum absolute atomic E-state index is 0.0749. The van der Waals surface area contributed by atoms with Crippen molar-refractivity contribution in [2.24, 2.45) is 0 Å². The largest absolute Gasteiger partial charge is 0.868 e. The lowest BCUT2D eigenvalue weighted by molar-refractivity contribution is -0.398. The molecule has 8 heteroatoms. The molecule has 1 aliphatic rings. The fraction of sp³-hybridized carbons (Fsp3) is 0.235. The number of fused-ring (bicyclic) bond motifs is 1. The first-order valence-electron chi connectivity index (χ1n) is 7.75. The molecule has 0 aromatic heterocycles. The average Bonchev–Trinajstić information content (AvgIpc) is 2.59. The Morgan fingerprint density at radius 2 is 2.04 bits per heavy atom. The van der Waals surface area contributed by atoms with Gasteiger partial charge in [0.25, 0.3) is 11.6 Å². The van der Waals surface area contributed by atoms with Gasteiger partial charge in [0.05, 0.1) is 10.5 Å². The summed E-state index contributed by atoms with van der Waals surface area (Å²) >= 11 is 5.97. The highest BCUT2D eigenvalue weighted by atomic mass is 35.5. The van der Waals surface area contributed by atoms with E-state index in [1.807, 2.05) is 6.92 Å². The van der Waals surface area contributed by atoms with Gasteiger partial charge >= 0.3 is 0 Å². The summed E-state index contributed by atoms with van der Waals surface area (Å²) in [5.41, 5.74) is 0.547. The number of amides is 1. The average molecular weight is 361 g/mol. The predicted molar refractivity (Wildman–Crippen MR) is 91.7 cm³/mol. The Morgan fingerprint density at radius 1 is 1.32 bits per heavy atom. The number of nitrogens with zero attached hydrogens (tertiary/aromatic N) is 2. The third-order valence-electron chi connectivity index (χ3n) is 4.04. The number of nitro benzene ring substituents is 1. The van der Waals surface area contributed by atoms with E-state index >= 15 is 0 Å². The first-order chi connectivity index (χ1) is 11.9. The zero-order chi connectivity index (χ0) is 18.1. The summed E-state index contributed by atoms with van der Waals surface area (Å²) in [5.74, 6) is -0.983. The van der Waals surface area contributed by atoms with Gasteiger partial charge in [-0.2, -0.15) is 0 Å². The van der Waals surface area contributed by atoms with Crippen LogP contribution in [0, 0.1) is 10.1 Å². The van der Waals surface area contributed by atoms with E-state index in [4.69, 9.17) is 11.6 Å². The number of anilines is 1. The molecule has 2 aromatic rings. The van der Waals surface area contributed by atoms with E-state index in [9.17, 15) is 20.0 Å². The molecule has 25 heavy (non-hydrogen) atoms. The van der Waals surface area contributed by atoms with Crippen LogP contribution in [-0.2, 0) is 0 Å². The van der Waals surface area contributed by atoms with E-state index in [1.165, 1.54) is 11.0 Å². The van der Waals surface area contributed by atoms with Crippen molar-refractivity contribution in [1.29, 1.82) is 0 Å². The molecule has 0 radical (unpaired) electrons. The van der Waals surface area contributed by atoms with Crippen LogP contribution in [0.25, 0.3) is 0 Å². The highest BCUT2D eigenvalue weighted by Crippen LogP contribution is 2.40. The molecule has 130 valence electrons. The molecule has 0 fully saturated rings. The van der Waals surface area contributed by atoms with Crippen molar-refractivity contribution in [3.63, 3.8) is 0 Å². The summed E-state index contributed by atoms with van der Waals surface area (Å²) in [5, 5.41) is 26.9. The SMILES string of the molecule is CCCN1C(=O)c2ccccc2N[C@@H]1c1cc(Cl)cc([N+](=O)[O-])c1[O-]. The molecule has 2 aromatic carbocycles. The first-order valence-corrected chi connectivity index (χ1v) is 8.13. The molecule has 1 heterocycles. The molecule has 1 N–H and O–H groups in total. The van der Waals surface area contributed by atoms with Crippen molar-refractivity contribution >= 4 is 28.9 Å². The van der Waals surface area contributed by atoms with E-state index in [0.29, 0.717) is 24.2 Å². The van der Waals surface area contributed by atoms with E-state index < -0.39 is 22.5 Å². The Hall–Kier alpha value is -2.80. The van der Waals surface area contributed by atoms with Gasteiger partial charge in [-0.3, -0.25) is 14.9 Å². The maximum Gasteiger partial charge on any atom is 0.263 e. The van der Waals surface area contributed by atoms with E-state index in [2.05, 4.69) is 5.32 Å². The van der Waals surface area contributed by atoms with Crippen LogP contribution in [0.5, 0.6) is 5.75 Å². The smallest absolute Gasteiger partial charge is 0.263 e. The molecular weight excluding hydrogens is 346 g/mol. The van der Waals surface area contributed by atoms with Gasteiger partial charge in [0.15, 0.2) is 0 Å². The minimum atomic E-state index is -0.813. The standard InChI is InChI=1S/C17H16ClN3O4/c1-2-7-20-16(19-13-6-4-3-5-11(13)17(20)23)12-8-10(18)9-14(15(12)22)21(24)25/h3-6,8-9,16,19,22H,2,7H2,1H3/p-1/t16-/m0/s1. The summed E-state index contributed by atoms with van der Waals surface area (Å²) in [6.07, 6.45) is -0.143. The normalized spacial score (nSPS) is 16.3. The number of halogens is 1. The topological polar surface area (TPSA) is 98.5 Å². The molecule has 0 bridgehead atoms. The van der Waals surface area contributed by atoms with Crippen LogP contribution in [0.15, 0.2) is 36.4 Å². The van der Waals surface area contributed by atoms with Crippen LogP contribution < -0.4 is 10.4 Å². The molecule has 1 aliphatic heterocycles. The molecule has 0 saturated carbocycles. The highest BCUT2D eigenvalue weighted by molar-refractivity contribution is 6.31. The second-order valence-corrected chi connectivity index (χ2v) is 6.13. The quantitative estimate of drug-likeness (QED) is 0.666. The molecule has 1 amide bonds. The Labute approximate surface area is 149 Å². The number of para-hydroxylation sites is 1. The van der Waals surface area contributed by atoms with E-state index in [1.54, 1.807) is 24.3 Å². The number of carbonyl (C=O) groups excluding carboxylic acids is 1. The fourth-order valence-corrected chi connectivity index (χ4v) is 3.17. The van der Waals surface area contributed by atoms with Gasteiger partial charge in [-0.15, -0.1) is 0 Å². The van der Waals surface area contributed by atoms with Gasteiger partial charge < -0.3 is 15.3 Å². The molecule has 1 atom stereocenters. The zero-order valence-electron chi connectivity index (χ0n) is 13.4. The van der Waals surface area contributed by atoms with Crippen molar-refractivity contribution in [3.05, 3.63) is 62.7 Å². The lowest BCUT2D eigenvalue weighted by Gasteiger charge is -2.39. The maximum atomic E-state index is 12.8. The van der Waals surface area contributed by atoms with Crippen LogP contribution in [0.4, 0.5) is 11.4 Å². The number of nitro groups is 1. The molecule has 0 saturated heterocycles. The molecule has 3 rings (SSSR count). The van der Waals surface area contributed by atoms with Crippen molar-refractivity contribution in [1.82, 2.24) is 4.90 Å². The number of hydrogen-bond donors (Lipinski definition) is 1. The second-order valence-electron chi connectivity index (χ2n) is 5.69. The number of carbonyl (C=O) groups is 1. The predicted octanol–water partition coefficient (Wildman–Crippen LogP) is 3.30. The number of nitrogens with one attached hydrogen (secondary N) is 1. The van der Waals surface area contributed by atoms with Gasteiger partial charge in [0.1, 0.15) is 6.17 Å². The molecule has 0 unspecified atom stereocenters. The van der Waals surface area contributed by atoms with E-state index in [-0.39, 0.29) is 16.5 Å². The number of rotatable bonds is 4. The summed E-state index contributed by atoms with van der Waals surface area (Å²) in [4.78, 5) is 24.7. The van der Waals surface area contributed by atoms with Gasteiger partial charge in [-0.05, 0) is 35.9 Å². The zero-order valence-corrected chi connectivity index (χ0v) is 14.1. The fourth-order valence-electron chi connectivity index (χ4n) is 2.95. The highest BCUT2D eigenvalue weighted by Gasteiger charge is 2.33. The lowest BCUT2D eigenvalue weighted by Crippen LogP contribution is -2.43. The van der Waals surface area contributed by atoms with Crippen molar-refractivity contribution in [2.45, 2.75) is 19.5 Å². The number of hydrogen-bond acceptors (Lipinski definition) is 5. The van der Waals surface area contributed by atoms with Gasteiger partial charge in [-0.25, -0.2) is 0 Å². The van der Waals surface area contributed by atoms with E-state index in [0.717, 1.165) is 6.07 Å². The maximum absolute atomic E-state index is 12.8. The van der Waals surface area contributed by atoms with Crippen molar-refractivity contribution in [2.75, 3.05) is 11.9 Å². The Kier molecular flexibility index (Phi) is 4.50. The Bertz CT molecular complexity index is 856. The van der Waals surface area contributed by atoms with Gasteiger partial charge in [0, 0.05) is 23.3 Å². The molecule has 0 aliphatic carbocycles. The van der Waals surface area contributed by atoms with Crippen molar-refractivity contribution in [3.8, 4) is 5.75 Å². The van der Waals surface area contributed by atoms with Crippen LogP contribution in [-0.4, -0.2) is 22.3 Å². The lowest BCUT2D eigenvalue weighted by atomic mass is 10.0. The Balaban J connectivity index is 2.15. The van der Waals surface area contributed by atoms with Gasteiger partial charge in [-0.1, -0.05) is 30.7 Å². The molecule has 7 nitrogen and oxygen atoms in total. The third-order valence-corrected chi connectivity index (χ3v) is 4.26. The van der Waals surface area contributed by atoms with Crippen LogP contribution in [0.3, 0.4) is 0 Å². The molecular formula is C17H15ClN3O4-. The minimum Gasteiger partial charge on any atom is -0.868 e. The summed E-state index contributed by atoms with van der Waals surface area (Å²) in [6.45, 7) is 2.30. The van der Waals surface area contributed by atoms with Crippen LogP contribution >= 0.6 is 11.6 Å². The monoisotopic (exact) mass is 360 g/mol. The first kappa shape index (κ1) is 17.0. The molecule has 0 spiro atoms. The number of benzene rings is 2. The summed E-state index contributed by atoms with van der Waals surface area (Å²) in [7, 11) is 0. The summed E-state index contributed by atoms with van der Waals surface area (Å²) in [6, 6.07) is 9.35.